The van der Waals surface area contributed by atoms with Crippen molar-refractivity contribution in [2.45, 2.75) is 6.42 Å². The first kappa shape index (κ1) is 17.3. The molecule has 0 aromatic heterocycles. The molecule has 0 bridgehead atoms. The normalized spacial score (nSPS) is 10.8. The van der Waals surface area contributed by atoms with Gasteiger partial charge >= 0.3 is 12.0 Å². The van der Waals surface area contributed by atoms with E-state index >= 15 is 0 Å². The molecule has 11 heteroatoms. The number of carboxylic acid groups (broad SMARTS) is 1. The van der Waals surface area contributed by atoms with Crippen LogP contribution in [-0.2, 0) is 24.3 Å². The van der Waals surface area contributed by atoms with Gasteiger partial charge in [-0.15, -0.1) is 0 Å². The standard InChI is InChI=1S/C8H15N3O7S/c9-19(16,17)3-1-2-10-8(15)11-6(12)4-18-5-7(13)14/h1-5H2,(H,13,14)(H2,9,16,17)(H2,10,11,12,15). The lowest BCUT2D eigenvalue weighted by atomic mass is 10.5. The lowest BCUT2D eigenvalue weighted by Crippen LogP contribution is -2.42. The molecule has 0 radical (unpaired) electrons. The van der Waals surface area contributed by atoms with Gasteiger partial charge in [0.2, 0.25) is 10.0 Å². The van der Waals surface area contributed by atoms with Crippen LogP contribution >= 0.6 is 0 Å². The maximum absolute atomic E-state index is 11.1. The molecule has 0 heterocycles. The first-order chi connectivity index (χ1) is 8.70. The fourth-order valence-electron chi connectivity index (χ4n) is 0.913. The van der Waals surface area contributed by atoms with Gasteiger partial charge < -0.3 is 15.2 Å². The Balaban J connectivity index is 3.68. The Kier molecular flexibility index (Phi) is 7.63. The number of aliphatic carboxylic acids is 1. The summed E-state index contributed by atoms with van der Waals surface area (Å²) in [6.07, 6.45) is 0.107. The minimum absolute atomic E-state index is 0.0194. The van der Waals surface area contributed by atoms with Crippen LogP contribution in [0.3, 0.4) is 0 Å². The fraction of sp³-hybridized carbons (Fsp3) is 0.625. The second kappa shape index (κ2) is 8.39. The van der Waals surface area contributed by atoms with Crippen molar-refractivity contribution in [3.63, 3.8) is 0 Å². The molecule has 0 aliphatic carbocycles. The van der Waals surface area contributed by atoms with Gasteiger partial charge in [-0.3, -0.25) is 10.1 Å². The summed E-state index contributed by atoms with van der Waals surface area (Å²) in [4.78, 5) is 32.2. The van der Waals surface area contributed by atoms with Crippen molar-refractivity contribution in [1.29, 1.82) is 0 Å². The van der Waals surface area contributed by atoms with Gasteiger partial charge in [-0.2, -0.15) is 0 Å². The Morgan fingerprint density at radius 1 is 1.21 bits per heavy atom. The lowest BCUT2D eigenvalue weighted by molar-refractivity contribution is -0.143. The minimum Gasteiger partial charge on any atom is -0.480 e. The van der Waals surface area contributed by atoms with Gasteiger partial charge in [0, 0.05) is 6.54 Å². The zero-order chi connectivity index (χ0) is 14.9. The van der Waals surface area contributed by atoms with Crippen LogP contribution in [0, 0.1) is 0 Å². The van der Waals surface area contributed by atoms with E-state index in [4.69, 9.17) is 10.2 Å². The first-order valence-electron chi connectivity index (χ1n) is 5.08. The predicted octanol–water partition coefficient (Wildman–Crippen LogP) is -2.41. The third-order valence-corrected chi connectivity index (χ3v) is 2.46. The molecule has 0 aliphatic rings. The highest BCUT2D eigenvalue weighted by Gasteiger charge is 2.09. The lowest BCUT2D eigenvalue weighted by Gasteiger charge is -2.06. The molecule has 0 fully saturated rings. The Labute approximate surface area is 109 Å². The predicted molar refractivity (Wildman–Crippen MR) is 62.6 cm³/mol. The zero-order valence-electron chi connectivity index (χ0n) is 9.92. The van der Waals surface area contributed by atoms with E-state index in [0.717, 1.165) is 0 Å². The quantitative estimate of drug-likeness (QED) is 0.362. The number of hydrogen-bond donors (Lipinski definition) is 4. The van der Waals surface area contributed by atoms with Crippen molar-refractivity contribution < 1.29 is 32.6 Å². The van der Waals surface area contributed by atoms with Crippen molar-refractivity contribution in [2.24, 2.45) is 5.14 Å². The van der Waals surface area contributed by atoms with E-state index in [-0.39, 0.29) is 18.7 Å². The van der Waals surface area contributed by atoms with Crippen LogP contribution < -0.4 is 15.8 Å². The number of carbonyl (C=O) groups is 3. The monoisotopic (exact) mass is 297 g/mol. The molecule has 0 aromatic carbocycles. The van der Waals surface area contributed by atoms with E-state index in [9.17, 15) is 22.8 Å². The molecule has 0 atom stereocenters. The van der Waals surface area contributed by atoms with Crippen molar-refractivity contribution in [2.75, 3.05) is 25.5 Å². The second-order valence-corrected chi connectivity index (χ2v) is 5.15. The molecule has 0 rings (SSSR count). The molecule has 110 valence electrons. The van der Waals surface area contributed by atoms with Crippen molar-refractivity contribution >= 4 is 27.9 Å². The maximum atomic E-state index is 11.1. The highest BCUT2D eigenvalue weighted by Crippen LogP contribution is 1.83. The largest absolute Gasteiger partial charge is 0.480 e. The number of hydrogen-bond acceptors (Lipinski definition) is 6. The molecular formula is C8H15N3O7S. The molecule has 0 spiro atoms. The number of primary sulfonamides is 1. The third kappa shape index (κ3) is 12.5. The van der Waals surface area contributed by atoms with Crippen molar-refractivity contribution in [3.05, 3.63) is 0 Å². The number of rotatable bonds is 8. The van der Waals surface area contributed by atoms with Gasteiger partial charge in [-0.25, -0.2) is 23.1 Å². The third-order valence-electron chi connectivity index (χ3n) is 1.60. The summed E-state index contributed by atoms with van der Waals surface area (Å²) in [5.41, 5.74) is 0. The Hall–Kier alpha value is -1.72. The maximum Gasteiger partial charge on any atom is 0.329 e. The van der Waals surface area contributed by atoms with Crippen LogP contribution in [0.1, 0.15) is 6.42 Å². The first-order valence-corrected chi connectivity index (χ1v) is 6.80. The summed E-state index contributed by atoms with van der Waals surface area (Å²) in [6.45, 7) is -1.20. The molecular weight excluding hydrogens is 282 g/mol. The SMILES string of the molecule is NS(=O)(=O)CCCNC(=O)NC(=O)COCC(=O)O. The van der Waals surface area contributed by atoms with Gasteiger partial charge in [0.05, 0.1) is 5.75 Å². The van der Waals surface area contributed by atoms with Gasteiger partial charge in [-0.05, 0) is 6.42 Å². The number of ether oxygens (including phenoxy) is 1. The van der Waals surface area contributed by atoms with E-state index in [1.54, 1.807) is 0 Å². The molecule has 0 saturated heterocycles. The molecule has 3 amide bonds. The minimum atomic E-state index is -3.58. The van der Waals surface area contributed by atoms with Gasteiger partial charge in [0.25, 0.3) is 5.91 Å². The van der Waals surface area contributed by atoms with Gasteiger partial charge in [0.15, 0.2) is 0 Å². The summed E-state index contributed by atoms with van der Waals surface area (Å²) in [6, 6.07) is -0.835. The summed E-state index contributed by atoms with van der Waals surface area (Å²) in [5.74, 6) is -2.34. The summed E-state index contributed by atoms with van der Waals surface area (Å²) in [5, 5.41) is 17.0. The van der Waals surface area contributed by atoms with Crippen LogP contribution in [-0.4, -0.2) is 56.9 Å². The highest BCUT2D eigenvalue weighted by molar-refractivity contribution is 7.89. The summed E-state index contributed by atoms with van der Waals surface area (Å²) >= 11 is 0. The van der Waals surface area contributed by atoms with Gasteiger partial charge in [0.1, 0.15) is 13.2 Å². The number of carbonyl (C=O) groups excluding carboxylic acids is 2. The molecule has 0 saturated carbocycles. The van der Waals surface area contributed by atoms with Crippen LogP contribution in [0.2, 0.25) is 0 Å². The van der Waals surface area contributed by atoms with Crippen molar-refractivity contribution in [3.8, 4) is 0 Å². The number of urea groups is 1. The van der Waals surface area contributed by atoms with Crippen LogP contribution in [0.5, 0.6) is 0 Å². The average molecular weight is 297 g/mol. The number of nitrogens with one attached hydrogen (secondary N) is 2. The fourth-order valence-corrected chi connectivity index (χ4v) is 1.46. The highest BCUT2D eigenvalue weighted by atomic mass is 32.2. The molecule has 5 N–H and O–H groups in total. The average Bonchev–Trinajstić information content (AvgIpc) is 2.22. The topological polar surface area (TPSA) is 165 Å². The number of nitrogens with two attached hydrogens (primary N) is 1. The smallest absolute Gasteiger partial charge is 0.329 e. The van der Waals surface area contributed by atoms with Crippen LogP contribution in [0.25, 0.3) is 0 Å². The molecule has 10 nitrogen and oxygen atoms in total. The molecule has 19 heavy (non-hydrogen) atoms. The number of imide groups is 1. The Morgan fingerprint density at radius 3 is 2.37 bits per heavy atom. The number of sulfonamides is 1. The number of carboxylic acids is 1. The second-order valence-electron chi connectivity index (χ2n) is 3.41. The molecule has 0 aromatic rings. The Bertz CT molecular complexity index is 434. The zero-order valence-corrected chi connectivity index (χ0v) is 10.7. The molecule has 0 aliphatic heterocycles. The van der Waals surface area contributed by atoms with E-state index in [1.807, 2.05) is 5.32 Å². The van der Waals surface area contributed by atoms with E-state index < -0.39 is 41.1 Å². The van der Waals surface area contributed by atoms with Crippen LogP contribution in [0.4, 0.5) is 4.79 Å². The van der Waals surface area contributed by atoms with E-state index in [2.05, 4.69) is 10.1 Å². The Morgan fingerprint density at radius 2 is 1.84 bits per heavy atom. The van der Waals surface area contributed by atoms with E-state index in [0.29, 0.717) is 0 Å². The number of amides is 3. The molecule has 0 unspecified atom stereocenters. The van der Waals surface area contributed by atoms with Crippen LogP contribution in [0.15, 0.2) is 0 Å². The van der Waals surface area contributed by atoms with Gasteiger partial charge in [-0.1, -0.05) is 0 Å². The van der Waals surface area contributed by atoms with E-state index in [1.165, 1.54) is 0 Å². The summed E-state index contributed by atoms with van der Waals surface area (Å²) < 4.78 is 25.6. The summed E-state index contributed by atoms with van der Waals surface area (Å²) in [7, 11) is -3.58. The van der Waals surface area contributed by atoms with Crippen molar-refractivity contribution in [1.82, 2.24) is 10.6 Å².